The van der Waals surface area contributed by atoms with Gasteiger partial charge in [0.15, 0.2) is 0 Å². The van der Waals surface area contributed by atoms with Gasteiger partial charge in [-0.05, 0) is 49.4 Å². The van der Waals surface area contributed by atoms with Crippen molar-refractivity contribution in [1.82, 2.24) is 19.9 Å². The van der Waals surface area contributed by atoms with Gasteiger partial charge in [0.05, 0.1) is 11.6 Å². The maximum absolute atomic E-state index is 13.8. The summed E-state index contributed by atoms with van der Waals surface area (Å²) in [6.45, 7) is 5.03. The lowest BCUT2D eigenvalue weighted by molar-refractivity contribution is -0.137. The van der Waals surface area contributed by atoms with E-state index in [0.717, 1.165) is 41.8 Å². The molecule has 9 heteroatoms. The molecule has 34 heavy (non-hydrogen) atoms. The van der Waals surface area contributed by atoms with E-state index in [2.05, 4.69) is 27.2 Å². The van der Waals surface area contributed by atoms with Crippen LogP contribution in [0.25, 0.3) is 11.1 Å². The van der Waals surface area contributed by atoms with E-state index in [0.29, 0.717) is 24.5 Å². The van der Waals surface area contributed by atoms with Crippen molar-refractivity contribution in [3.8, 4) is 11.1 Å². The van der Waals surface area contributed by atoms with Crippen molar-refractivity contribution in [3.63, 3.8) is 0 Å². The summed E-state index contributed by atoms with van der Waals surface area (Å²) in [6.07, 6.45) is 3.05. The Hall–Kier alpha value is -3.49. The van der Waals surface area contributed by atoms with Crippen LogP contribution in [0.15, 0.2) is 55.2 Å². The highest BCUT2D eigenvalue weighted by Gasteiger charge is 2.34. The van der Waals surface area contributed by atoms with E-state index in [1.54, 1.807) is 12.4 Å². The fourth-order valence-electron chi connectivity index (χ4n) is 4.37. The summed E-state index contributed by atoms with van der Waals surface area (Å²) >= 11 is 0. The molecule has 0 radical (unpaired) electrons. The normalized spacial score (nSPS) is 18.6. The maximum atomic E-state index is 13.8. The number of anilines is 1. The van der Waals surface area contributed by atoms with Gasteiger partial charge in [0, 0.05) is 42.8 Å². The quantitative estimate of drug-likeness (QED) is 0.555. The van der Waals surface area contributed by atoms with Crippen molar-refractivity contribution >= 4 is 11.7 Å². The number of pyridine rings is 1. The zero-order valence-electron chi connectivity index (χ0n) is 19.0. The lowest BCUT2D eigenvalue weighted by atomic mass is 9.89. The summed E-state index contributed by atoms with van der Waals surface area (Å²) < 4.78 is 38.5. The van der Waals surface area contributed by atoms with Gasteiger partial charge in [0.2, 0.25) is 0 Å². The van der Waals surface area contributed by atoms with Crippen LogP contribution in [0.1, 0.15) is 41.3 Å². The van der Waals surface area contributed by atoms with E-state index < -0.39 is 11.7 Å². The number of halogens is 3. The number of amides is 1. The first kappa shape index (κ1) is 23.7. The molecule has 1 unspecified atom stereocenters. The number of aryl methyl sites for hydroxylation is 1. The van der Waals surface area contributed by atoms with E-state index in [1.807, 2.05) is 30.0 Å². The highest BCUT2D eigenvalue weighted by atomic mass is 19.4. The molecule has 0 aliphatic carbocycles. The highest BCUT2D eigenvalue weighted by molar-refractivity contribution is 6.01. The van der Waals surface area contributed by atoms with E-state index in [1.165, 1.54) is 12.4 Å². The van der Waals surface area contributed by atoms with Crippen LogP contribution < -0.4 is 5.32 Å². The molecule has 1 saturated heterocycles. The molecule has 3 heterocycles. The lowest BCUT2D eigenvalue weighted by Gasteiger charge is -2.40. The van der Waals surface area contributed by atoms with E-state index in [4.69, 9.17) is 0 Å². The molecule has 4 rings (SSSR count). The van der Waals surface area contributed by atoms with Gasteiger partial charge in [-0.2, -0.15) is 13.2 Å². The Balaban J connectivity index is 1.57. The van der Waals surface area contributed by atoms with Gasteiger partial charge in [-0.25, -0.2) is 15.0 Å². The standard InChI is InChI=1S/C25H26F3N5O/c1-16-5-7-20(18-11-29-15-30-12-18)21(10-16)24(34)33-9-3-4-17(2)22(33)14-32-23-8-6-19(13-31-23)25(26,27)28/h5-8,10-13,15,17,22H,3-4,9,14H2,1-2H3,(H,31,32)/t17-,22?/m1/s1. The summed E-state index contributed by atoms with van der Waals surface area (Å²) in [5, 5.41) is 3.13. The highest BCUT2D eigenvalue weighted by Crippen LogP contribution is 2.31. The molecule has 1 N–H and O–H groups in total. The molecule has 1 amide bonds. The monoisotopic (exact) mass is 469 g/mol. The molecule has 178 valence electrons. The SMILES string of the molecule is Cc1ccc(-c2cncnc2)c(C(=O)N2CCC[C@@H](C)C2CNc2ccc(C(F)(F)F)cn2)c1. The first-order chi connectivity index (χ1) is 16.2. The fourth-order valence-corrected chi connectivity index (χ4v) is 4.37. The predicted octanol–water partition coefficient (Wildman–Crippen LogP) is 5.22. The van der Waals surface area contributed by atoms with Gasteiger partial charge in [-0.1, -0.05) is 24.6 Å². The third kappa shape index (κ3) is 5.18. The summed E-state index contributed by atoms with van der Waals surface area (Å²) in [7, 11) is 0. The Morgan fingerprint density at radius 1 is 1.15 bits per heavy atom. The number of benzene rings is 1. The van der Waals surface area contributed by atoms with Gasteiger partial charge in [-0.3, -0.25) is 4.79 Å². The van der Waals surface area contributed by atoms with Gasteiger partial charge in [0.25, 0.3) is 5.91 Å². The van der Waals surface area contributed by atoms with Gasteiger partial charge >= 0.3 is 6.18 Å². The number of carbonyl (C=O) groups excluding carboxylic acids is 1. The number of hydrogen-bond acceptors (Lipinski definition) is 5. The largest absolute Gasteiger partial charge is 0.417 e. The number of nitrogens with one attached hydrogen (secondary N) is 1. The average molecular weight is 470 g/mol. The number of rotatable bonds is 5. The number of likely N-dealkylation sites (tertiary alicyclic amines) is 1. The molecule has 1 aliphatic rings. The smallest absolute Gasteiger partial charge is 0.368 e. The Morgan fingerprint density at radius 3 is 2.59 bits per heavy atom. The van der Waals surface area contributed by atoms with Crippen LogP contribution >= 0.6 is 0 Å². The second-order valence-corrected chi connectivity index (χ2v) is 8.67. The molecule has 1 aliphatic heterocycles. The summed E-state index contributed by atoms with van der Waals surface area (Å²) in [4.78, 5) is 27.7. The molecule has 2 aromatic heterocycles. The maximum Gasteiger partial charge on any atom is 0.417 e. The van der Waals surface area contributed by atoms with E-state index >= 15 is 0 Å². The minimum absolute atomic E-state index is 0.0821. The second kappa shape index (κ2) is 9.79. The number of piperidine rings is 1. The van der Waals surface area contributed by atoms with Crippen molar-refractivity contribution in [2.24, 2.45) is 5.92 Å². The van der Waals surface area contributed by atoms with Gasteiger partial charge in [0.1, 0.15) is 12.1 Å². The number of aromatic nitrogens is 3. The Kier molecular flexibility index (Phi) is 6.81. The van der Waals surface area contributed by atoms with E-state index in [-0.39, 0.29) is 17.9 Å². The average Bonchev–Trinajstić information content (AvgIpc) is 2.83. The van der Waals surface area contributed by atoms with Crippen molar-refractivity contribution in [2.75, 3.05) is 18.4 Å². The van der Waals surface area contributed by atoms with Crippen molar-refractivity contribution in [3.05, 3.63) is 71.9 Å². The topological polar surface area (TPSA) is 71.0 Å². The molecule has 2 atom stereocenters. The Bertz CT molecular complexity index is 1140. The van der Waals surface area contributed by atoms with Crippen molar-refractivity contribution < 1.29 is 18.0 Å². The number of alkyl halides is 3. The molecule has 1 fully saturated rings. The van der Waals surface area contributed by atoms with Crippen LogP contribution in [0.5, 0.6) is 0 Å². The Labute approximate surface area is 196 Å². The van der Waals surface area contributed by atoms with Crippen LogP contribution in [0.2, 0.25) is 0 Å². The fraction of sp³-hybridized carbons (Fsp3) is 0.360. The van der Waals surface area contributed by atoms with Crippen LogP contribution in [0.4, 0.5) is 19.0 Å². The van der Waals surface area contributed by atoms with Crippen LogP contribution in [0, 0.1) is 12.8 Å². The second-order valence-electron chi connectivity index (χ2n) is 8.67. The summed E-state index contributed by atoms with van der Waals surface area (Å²) in [5.41, 5.74) is 2.29. The molecule has 3 aromatic rings. The first-order valence-corrected chi connectivity index (χ1v) is 11.2. The molecule has 0 saturated carbocycles. The predicted molar refractivity (Wildman–Crippen MR) is 123 cm³/mol. The number of nitrogens with zero attached hydrogens (tertiary/aromatic N) is 4. The van der Waals surface area contributed by atoms with Gasteiger partial charge in [-0.15, -0.1) is 0 Å². The number of hydrogen-bond donors (Lipinski definition) is 1. The zero-order valence-corrected chi connectivity index (χ0v) is 19.0. The molecule has 0 spiro atoms. The molecule has 6 nitrogen and oxygen atoms in total. The lowest BCUT2D eigenvalue weighted by Crippen LogP contribution is -2.51. The molecular formula is C25H26F3N5O. The minimum atomic E-state index is -4.43. The van der Waals surface area contributed by atoms with Gasteiger partial charge < -0.3 is 10.2 Å². The van der Waals surface area contributed by atoms with Crippen molar-refractivity contribution in [2.45, 2.75) is 38.9 Å². The van der Waals surface area contributed by atoms with Crippen LogP contribution in [-0.2, 0) is 6.18 Å². The van der Waals surface area contributed by atoms with Crippen molar-refractivity contribution in [1.29, 1.82) is 0 Å². The zero-order chi connectivity index (χ0) is 24.3. The van der Waals surface area contributed by atoms with E-state index in [9.17, 15) is 18.0 Å². The molecule has 0 bridgehead atoms. The Morgan fingerprint density at radius 2 is 1.91 bits per heavy atom. The summed E-state index contributed by atoms with van der Waals surface area (Å²) in [6, 6.07) is 7.93. The molecular weight excluding hydrogens is 443 g/mol. The van der Waals surface area contributed by atoms with Crippen LogP contribution in [0.3, 0.4) is 0 Å². The summed E-state index contributed by atoms with van der Waals surface area (Å²) in [5.74, 6) is 0.477. The first-order valence-electron chi connectivity index (χ1n) is 11.2. The number of carbonyl (C=O) groups is 1. The van der Waals surface area contributed by atoms with Crippen LogP contribution in [-0.4, -0.2) is 44.9 Å². The third-order valence-corrected chi connectivity index (χ3v) is 6.24. The third-order valence-electron chi connectivity index (χ3n) is 6.24. The minimum Gasteiger partial charge on any atom is -0.368 e. The molecule has 1 aromatic carbocycles.